The van der Waals surface area contributed by atoms with Crippen LogP contribution in [-0.2, 0) is 9.53 Å². The first kappa shape index (κ1) is 18.9. The number of para-hydroxylation sites is 1. The molecule has 0 unspecified atom stereocenters. The summed E-state index contributed by atoms with van der Waals surface area (Å²) in [5, 5.41) is 3.70. The quantitative estimate of drug-likeness (QED) is 0.760. The lowest BCUT2D eigenvalue weighted by molar-refractivity contribution is -0.129. The predicted molar refractivity (Wildman–Crippen MR) is 97.0 cm³/mol. The van der Waals surface area contributed by atoms with Crippen molar-refractivity contribution in [1.29, 1.82) is 0 Å². The van der Waals surface area contributed by atoms with E-state index in [1.807, 2.05) is 17.0 Å². The number of benzene rings is 1. The summed E-state index contributed by atoms with van der Waals surface area (Å²) in [4.78, 5) is 14.4. The van der Waals surface area contributed by atoms with Gasteiger partial charge >= 0.3 is 0 Å². The molecule has 0 spiro atoms. The van der Waals surface area contributed by atoms with Gasteiger partial charge < -0.3 is 19.7 Å². The summed E-state index contributed by atoms with van der Waals surface area (Å²) in [5.41, 5.74) is 0.735. The zero-order chi connectivity index (χ0) is 17.2. The summed E-state index contributed by atoms with van der Waals surface area (Å²) in [5.74, 6) is 0.691. The normalized spacial score (nSPS) is 15.5. The van der Waals surface area contributed by atoms with Gasteiger partial charge in [0.05, 0.1) is 23.9 Å². The van der Waals surface area contributed by atoms with Gasteiger partial charge in [-0.3, -0.25) is 4.79 Å². The van der Waals surface area contributed by atoms with Crippen LogP contribution >= 0.6 is 11.6 Å². The number of ether oxygens (including phenoxy) is 2. The Hall–Kier alpha value is -1.46. The Morgan fingerprint density at radius 2 is 1.88 bits per heavy atom. The molecule has 1 N–H and O–H groups in total. The lowest BCUT2D eigenvalue weighted by Gasteiger charge is -2.25. The number of methoxy groups -OCH3 is 1. The zero-order valence-corrected chi connectivity index (χ0v) is 15.1. The molecule has 0 aliphatic carbocycles. The second-order valence-electron chi connectivity index (χ2n) is 5.96. The van der Waals surface area contributed by atoms with Crippen LogP contribution in [0.15, 0.2) is 18.2 Å². The third-order valence-electron chi connectivity index (χ3n) is 4.14. The van der Waals surface area contributed by atoms with Crippen LogP contribution < -0.4 is 10.1 Å². The minimum absolute atomic E-state index is 0.125. The highest BCUT2D eigenvalue weighted by molar-refractivity contribution is 6.32. The van der Waals surface area contributed by atoms with Gasteiger partial charge in [0.15, 0.2) is 5.75 Å². The van der Waals surface area contributed by atoms with Gasteiger partial charge in [-0.15, -0.1) is 0 Å². The topological polar surface area (TPSA) is 50.8 Å². The smallest absolute Gasteiger partial charge is 0.241 e. The van der Waals surface area contributed by atoms with Crippen LogP contribution in [0.2, 0.25) is 5.02 Å². The van der Waals surface area contributed by atoms with Gasteiger partial charge in [-0.25, -0.2) is 0 Å². The largest absolute Gasteiger partial charge is 0.487 e. The molecule has 134 valence electrons. The number of hydrogen-bond acceptors (Lipinski definition) is 4. The average molecular weight is 355 g/mol. The number of nitrogens with zero attached hydrogens (tertiary/aromatic N) is 1. The Kier molecular flexibility index (Phi) is 8.19. The standard InChI is InChI=1S/C18H27ClN2O3/c1-23-12-13-24-18-15(19)8-7-9-16(18)20-14-17(22)21-10-5-3-2-4-6-11-21/h7-9,20H,2-6,10-14H2,1H3. The van der Waals surface area contributed by atoms with Crippen molar-refractivity contribution >= 4 is 23.2 Å². The van der Waals surface area contributed by atoms with Gasteiger partial charge in [0.25, 0.3) is 0 Å². The molecule has 0 aromatic heterocycles. The molecule has 1 aliphatic heterocycles. The third-order valence-corrected chi connectivity index (χ3v) is 4.44. The van der Waals surface area contributed by atoms with Crippen LogP contribution in [0.25, 0.3) is 0 Å². The predicted octanol–water partition coefficient (Wildman–Crippen LogP) is 3.57. The molecule has 1 heterocycles. The molecule has 2 rings (SSSR count). The Labute approximate surface area is 149 Å². The highest BCUT2D eigenvalue weighted by Gasteiger charge is 2.16. The molecule has 1 fully saturated rings. The molecule has 5 nitrogen and oxygen atoms in total. The first-order chi connectivity index (χ1) is 11.7. The van der Waals surface area contributed by atoms with Crippen LogP contribution in [0.3, 0.4) is 0 Å². The maximum Gasteiger partial charge on any atom is 0.241 e. The fourth-order valence-corrected chi connectivity index (χ4v) is 3.03. The maximum atomic E-state index is 12.5. The van der Waals surface area contributed by atoms with Gasteiger partial charge in [-0.1, -0.05) is 36.9 Å². The summed E-state index contributed by atoms with van der Waals surface area (Å²) >= 11 is 6.21. The second kappa shape index (κ2) is 10.4. The molecule has 1 aromatic rings. The number of nitrogens with one attached hydrogen (secondary N) is 1. The summed E-state index contributed by atoms with van der Waals surface area (Å²) in [6.07, 6.45) is 5.89. The maximum absolute atomic E-state index is 12.5. The Morgan fingerprint density at radius 1 is 1.17 bits per heavy atom. The lowest BCUT2D eigenvalue weighted by Crippen LogP contribution is -2.37. The number of carbonyl (C=O) groups is 1. The van der Waals surface area contributed by atoms with Gasteiger partial charge in [0.2, 0.25) is 5.91 Å². The summed E-state index contributed by atoms with van der Waals surface area (Å²) < 4.78 is 10.7. The molecule has 6 heteroatoms. The number of anilines is 1. The van der Waals surface area contributed by atoms with Crippen LogP contribution in [-0.4, -0.2) is 50.8 Å². The Bertz CT molecular complexity index is 517. The van der Waals surface area contributed by atoms with Crippen molar-refractivity contribution in [1.82, 2.24) is 4.90 Å². The SMILES string of the molecule is COCCOc1c(Cl)cccc1NCC(=O)N1CCCCCCC1. The fraction of sp³-hybridized carbons (Fsp3) is 0.611. The molecule has 0 atom stereocenters. The van der Waals surface area contributed by atoms with Crippen molar-refractivity contribution in [2.75, 3.05) is 45.3 Å². The molecule has 1 aromatic carbocycles. The second-order valence-corrected chi connectivity index (χ2v) is 6.37. The van der Waals surface area contributed by atoms with E-state index in [4.69, 9.17) is 21.1 Å². The third kappa shape index (κ3) is 5.87. The van der Waals surface area contributed by atoms with Crippen molar-refractivity contribution in [2.45, 2.75) is 32.1 Å². The highest BCUT2D eigenvalue weighted by Crippen LogP contribution is 2.32. The van der Waals surface area contributed by atoms with E-state index in [0.717, 1.165) is 31.6 Å². The number of likely N-dealkylation sites (tertiary alicyclic amines) is 1. The van der Waals surface area contributed by atoms with Crippen molar-refractivity contribution in [2.24, 2.45) is 0 Å². The lowest BCUT2D eigenvalue weighted by atomic mass is 10.1. The van der Waals surface area contributed by atoms with E-state index >= 15 is 0 Å². The van der Waals surface area contributed by atoms with Crippen molar-refractivity contribution in [3.63, 3.8) is 0 Å². The van der Waals surface area contributed by atoms with Gasteiger partial charge in [0.1, 0.15) is 6.61 Å². The Balaban J connectivity index is 1.92. The average Bonchev–Trinajstić information content (AvgIpc) is 2.54. The van der Waals surface area contributed by atoms with E-state index in [1.54, 1.807) is 13.2 Å². The number of rotatable bonds is 7. The van der Waals surface area contributed by atoms with E-state index < -0.39 is 0 Å². The van der Waals surface area contributed by atoms with Gasteiger partial charge in [0, 0.05) is 20.2 Å². The first-order valence-corrected chi connectivity index (χ1v) is 9.02. The van der Waals surface area contributed by atoms with E-state index in [1.165, 1.54) is 19.3 Å². The number of carbonyl (C=O) groups excluding carboxylic acids is 1. The zero-order valence-electron chi connectivity index (χ0n) is 14.4. The summed E-state index contributed by atoms with van der Waals surface area (Å²) in [6.45, 7) is 2.86. The number of halogens is 1. The minimum Gasteiger partial charge on any atom is -0.487 e. The summed E-state index contributed by atoms with van der Waals surface area (Å²) in [7, 11) is 1.62. The van der Waals surface area contributed by atoms with Gasteiger partial charge in [-0.2, -0.15) is 0 Å². The van der Waals surface area contributed by atoms with Crippen LogP contribution in [0.4, 0.5) is 5.69 Å². The van der Waals surface area contributed by atoms with Crippen molar-refractivity contribution in [3.05, 3.63) is 23.2 Å². The van der Waals surface area contributed by atoms with E-state index in [9.17, 15) is 4.79 Å². The van der Waals surface area contributed by atoms with E-state index in [2.05, 4.69) is 5.32 Å². The molecular formula is C18H27ClN2O3. The van der Waals surface area contributed by atoms with Gasteiger partial charge in [-0.05, 0) is 25.0 Å². The molecule has 1 amide bonds. The van der Waals surface area contributed by atoms with E-state index in [-0.39, 0.29) is 12.5 Å². The van der Waals surface area contributed by atoms with Crippen molar-refractivity contribution < 1.29 is 14.3 Å². The molecular weight excluding hydrogens is 328 g/mol. The monoisotopic (exact) mass is 354 g/mol. The van der Waals surface area contributed by atoms with Crippen LogP contribution in [0, 0.1) is 0 Å². The fourth-order valence-electron chi connectivity index (χ4n) is 2.80. The highest BCUT2D eigenvalue weighted by atomic mass is 35.5. The van der Waals surface area contributed by atoms with Crippen molar-refractivity contribution in [3.8, 4) is 5.75 Å². The van der Waals surface area contributed by atoms with Crippen LogP contribution in [0.1, 0.15) is 32.1 Å². The molecule has 1 aliphatic rings. The van der Waals surface area contributed by atoms with Crippen LogP contribution in [0.5, 0.6) is 5.75 Å². The van der Waals surface area contributed by atoms with E-state index in [0.29, 0.717) is 24.0 Å². The Morgan fingerprint density at radius 3 is 2.58 bits per heavy atom. The molecule has 1 saturated heterocycles. The minimum atomic E-state index is 0.125. The number of amides is 1. The molecule has 24 heavy (non-hydrogen) atoms. The first-order valence-electron chi connectivity index (χ1n) is 8.64. The summed E-state index contributed by atoms with van der Waals surface area (Å²) in [6, 6.07) is 5.48. The molecule has 0 radical (unpaired) electrons. The number of hydrogen-bond donors (Lipinski definition) is 1. The molecule has 0 bridgehead atoms. The molecule has 0 saturated carbocycles.